The van der Waals surface area contributed by atoms with E-state index in [2.05, 4.69) is 5.32 Å². The fourth-order valence-corrected chi connectivity index (χ4v) is 3.08. The molecule has 26 heavy (non-hydrogen) atoms. The SMILES string of the molecule is C[C@@H](OCCCN1C(=O)N[C@@H](Cc2ccccc2)C1=O)c1ccccc1. The molecule has 2 aromatic carbocycles. The van der Waals surface area contributed by atoms with Crippen molar-refractivity contribution in [1.82, 2.24) is 10.2 Å². The summed E-state index contributed by atoms with van der Waals surface area (Å²) in [5, 5.41) is 2.77. The molecule has 1 N–H and O–H groups in total. The van der Waals surface area contributed by atoms with E-state index in [0.29, 0.717) is 26.0 Å². The minimum Gasteiger partial charge on any atom is -0.374 e. The van der Waals surface area contributed by atoms with E-state index < -0.39 is 6.04 Å². The lowest BCUT2D eigenvalue weighted by atomic mass is 10.1. The van der Waals surface area contributed by atoms with E-state index in [1.807, 2.05) is 67.6 Å². The number of hydrogen-bond donors (Lipinski definition) is 1. The van der Waals surface area contributed by atoms with Crippen molar-refractivity contribution in [2.45, 2.75) is 31.9 Å². The van der Waals surface area contributed by atoms with Crippen LogP contribution in [0.3, 0.4) is 0 Å². The highest BCUT2D eigenvalue weighted by Crippen LogP contribution is 2.17. The molecule has 1 aliphatic heterocycles. The molecule has 136 valence electrons. The molecule has 0 radical (unpaired) electrons. The van der Waals surface area contributed by atoms with Crippen molar-refractivity contribution in [2.24, 2.45) is 0 Å². The first-order chi connectivity index (χ1) is 12.6. The van der Waals surface area contributed by atoms with Crippen LogP contribution in [0, 0.1) is 0 Å². The Labute approximate surface area is 154 Å². The monoisotopic (exact) mass is 352 g/mol. The van der Waals surface area contributed by atoms with Gasteiger partial charge < -0.3 is 10.1 Å². The molecule has 3 rings (SSSR count). The Kier molecular flexibility index (Phi) is 6.02. The third-order valence-corrected chi connectivity index (χ3v) is 4.55. The molecular weight excluding hydrogens is 328 g/mol. The number of hydrogen-bond acceptors (Lipinski definition) is 3. The molecule has 0 unspecified atom stereocenters. The van der Waals surface area contributed by atoms with Gasteiger partial charge in [0.2, 0.25) is 0 Å². The van der Waals surface area contributed by atoms with Crippen molar-refractivity contribution in [1.29, 1.82) is 0 Å². The van der Waals surface area contributed by atoms with Gasteiger partial charge in [-0.1, -0.05) is 60.7 Å². The molecular formula is C21H24N2O3. The van der Waals surface area contributed by atoms with Gasteiger partial charge in [-0.15, -0.1) is 0 Å². The number of carbonyl (C=O) groups is 2. The van der Waals surface area contributed by atoms with Gasteiger partial charge >= 0.3 is 6.03 Å². The summed E-state index contributed by atoms with van der Waals surface area (Å²) < 4.78 is 5.81. The zero-order valence-corrected chi connectivity index (χ0v) is 14.9. The number of amides is 3. The number of nitrogens with zero attached hydrogens (tertiary/aromatic N) is 1. The van der Waals surface area contributed by atoms with Gasteiger partial charge in [-0.3, -0.25) is 9.69 Å². The molecule has 3 amide bonds. The lowest BCUT2D eigenvalue weighted by Crippen LogP contribution is -2.33. The predicted octanol–water partition coefficient (Wildman–Crippen LogP) is 3.32. The summed E-state index contributed by atoms with van der Waals surface area (Å²) in [7, 11) is 0. The lowest BCUT2D eigenvalue weighted by Gasteiger charge is -2.16. The smallest absolute Gasteiger partial charge is 0.324 e. The number of ether oxygens (including phenoxy) is 1. The van der Waals surface area contributed by atoms with Crippen molar-refractivity contribution < 1.29 is 14.3 Å². The average Bonchev–Trinajstić information content (AvgIpc) is 2.93. The maximum atomic E-state index is 12.5. The van der Waals surface area contributed by atoms with E-state index in [1.165, 1.54) is 4.90 Å². The van der Waals surface area contributed by atoms with Crippen molar-refractivity contribution in [3.8, 4) is 0 Å². The van der Waals surface area contributed by atoms with Gasteiger partial charge in [-0.25, -0.2) is 4.79 Å². The van der Waals surface area contributed by atoms with Gasteiger partial charge in [0.05, 0.1) is 6.10 Å². The number of rotatable bonds is 8. The van der Waals surface area contributed by atoms with Crippen LogP contribution in [0.5, 0.6) is 0 Å². The number of urea groups is 1. The topological polar surface area (TPSA) is 58.6 Å². The minimum atomic E-state index is -0.478. The van der Waals surface area contributed by atoms with Crippen LogP contribution < -0.4 is 5.32 Å². The first-order valence-corrected chi connectivity index (χ1v) is 8.97. The highest BCUT2D eigenvalue weighted by Gasteiger charge is 2.37. The number of carbonyl (C=O) groups excluding carboxylic acids is 2. The second-order valence-electron chi connectivity index (χ2n) is 6.46. The maximum absolute atomic E-state index is 12.5. The molecule has 2 atom stereocenters. The highest BCUT2D eigenvalue weighted by atomic mass is 16.5. The second kappa shape index (κ2) is 8.63. The second-order valence-corrected chi connectivity index (χ2v) is 6.46. The van der Waals surface area contributed by atoms with Crippen LogP contribution in [0.25, 0.3) is 0 Å². The summed E-state index contributed by atoms with van der Waals surface area (Å²) in [6.45, 7) is 2.87. The van der Waals surface area contributed by atoms with Crippen LogP contribution in [0.1, 0.15) is 30.6 Å². The van der Waals surface area contributed by atoms with E-state index in [1.54, 1.807) is 0 Å². The van der Waals surface area contributed by atoms with Crippen molar-refractivity contribution in [3.05, 3.63) is 71.8 Å². The molecule has 1 saturated heterocycles. The van der Waals surface area contributed by atoms with Crippen LogP contribution in [-0.2, 0) is 16.0 Å². The Morgan fingerprint density at radius 2 is 1.69 bits per heavy atom. The first-order valence-electron chi connectivity index (χ1n) is 8.97. The van der Waals surface area contributed by atoms with Crippen molar-refractivity contribution in [2.75, 3.05) is 13.2 Å². The van der Waals surface area contributed by atoms with Crippen LogP contribution in [0.4, 0.5) is 4.79 Å². The van der Waals surface area contributed by atoms with Crippen LogP contribution in [0.2, 0.25) is 0 Å². The average molecular weight is 352 g/mol. The summed E-state index contributed by atoms with van der Waals surface area (Å²) in [6, 6.07) is 18.9. The van der Waals surface area contributed by atoms with Crippen LogP contribution in [0.15, 0.2) is 60.7 Å². The fraction of sp³-hybridized carbons (Fsp3) is 0.333. The predicted molar refractivity (Wildman–Crippen MR) is 99.6 cm³/mol. The van der Waals surface area contributed by atoms with Gasteiger partial charge in [-0.05, 0) is 24.5 Å². The fourth-order valence-electron chi connectivity index (χ4n) is 3.08. The van der Waals surface area contributed by atoms with Gasteiger partial charge in [0.25, 0.3) is 5.91 Å². The minimum absolute atomic E-state index is 0.00913. The Balaban J connectivity index is 1.45. The number of imide groups is 1. The third-order valence-electron chi connectivity index (χ3n) is 4.55. The summed E-state index contributed by atoms with van der Waals surface area (Å²) in [5.74, 6) is -0.157. The number of nitrogens with one attached hydrogen (secondary N) is 1. The van der Waals surface area contributed by atoms with Crippen LogP contribution >= 0.6 is 0 Å². The molecule has 5 heteroatoms. The molecule has 0 aromatic heterocycles. The Morgan fingerprint density at radius 1 is 1.04 bits per heavy atom. The molecule has 2 aromatic rings. The summed E-state index contributed by atoms with van der Waals surface area (Å²) in [6.07, 6.45) is 1.13. The normalized spacial score (nSPS) is 18.0. The molecule has 5 nitrogen and oxygen atoms in total. The number of benzene rings is 2. The Morgan fingerprint density at radius 3 is 2.38 bits per heavy atom. The summed E-state index contributed by atoms with van der Waals surface area (Å²) in [5.41, 5.74) is 2.15. The third kappa shape index (κ3) is 4.49. The largest absolute Gasteiger partial charge is 0.374 e. The zero-order chi connectivity index (χ0) is 18.4. The Hall–Kier alpha value is -2.66. The molecule has 0 aliphatic carbocycles. The van der Waals surface area contributed by atoms with Crippen molar-refractivity contribution in [3.63, 3.8) is 0 Å². The highest BCUT2D eigenvalue weighted by molar-refractivity contribution is 6.04. The molecule has 1 heterocycles. The first kappa shape index (κ1) is 18.1. The Bertz CT molecular complexity index is 733. The molecule has 0 bridgehead atoms. The molecule has 1 fully saturated rings. The standard InChI is InChI=1S/C21H24N2O3/c1-16(18-11-6-3-7-12-18)26-14-8-13-23-20(24)19(22-21(23)25)15-17-9-4-2-5-10-17/h2-7,9-12,16,19H,8,13-15H2,1H3,(H,22,25)/t16-,19+/m1/s1. The van der Waals surface area contributed by atoms with E-state index >= 15 is 0 Å². The van der Waals surface area contributed by atoms with Gasteiger partial charge in [0.1, 0.15) is 6.04 Å². The molecule has 0 spiro atoms. The van der Waals surface area contributed by atoms with Gasteiger partial charge in [0.15, 0.2) is 0 Å². The van der Waals surface area contributed by atoms with E-state index in [0.717, 1.165) is 11.1 Å². The van der Waals surface area contributed by atoms with Crippen molar-refractivity contribution >= 4 is 11.9 Å². The molecule has 1 aliphatic rings. The zero-order valence-electron chi connectivity index (χ0n) is 14.9. The maximum Gasteiger partial charge on any atom is 0.324 e. The lowest BCUT2D eigenvalue weighted by molar-refractivity contribution is -0.127. The van der Waals surface area contributed by atoms with E-state index in [9.17, 15) is 9.59 Å². The van der Waals surface area contributed by atoms with Crippen LogP contribution in [-0.4, -0.2) is 36.0 Å². The molecule has 0 saturated carbocycles. The quantitative estimate of drug-likeness (QED) is 0.586. The van der Waals surface area contributed by atoms with Gasteiger partial charge in [0, 0.05) is 19.6 Å². The van der Waals surface area contributed by atoms with E-state index in [4.69, 9.17) is 4.74 Å². The summed E-state index contributed by atoms with van der Waals surface area (Å²) >= 11 is 0. The summed E-state index contributed by atoms with van der Waals surface area (Å²) in [4.78, 5) is 25.9. The van der Waals surface area contributed by atoms with E-state index in [-0.39, 0.29) is 18.0 Å². The van der Waals surface area contributed by atoms with Gasteiger partial charge in [-0.2, -0.15) is 0 Å².